The van der Waals surface area contributed by atoms with Crippen LogP contribution in [-0.2, 0) is 19.1 Å². The van der Waals surface area contributed by atoms with Gasteiger partial charge in [-0.15, -0.1) is 0 Å². The maximum absolute atomic E-state index is 12.4. The van der Waals surface area contributed by atoms with Crippen molar-refractivity contribution >= 4 is 23.8 Å². The molecule has 2 rings (SSSR count). The number of hydrogen-bond donors (Lipinski definition) is 2. The molecule has 0 aliphatic rings. The zero-order valence-corrected chi connectivity index (χ0v) is 20.8. The van der Waals surface area contributed by atoms with Gasteiger partial charge in [0.15, 0.2) is 0 Å². The number of esters is 2. The average Bonchev–Trinajstić information content (AvgIpc) is 2.90. The first kappa shape index (κ1) is 28.4. The van der Waals surface area contributed by atoms with Crippen LogP contribution in [0.1, 0.15) is 73.3 Å². The predicted octanol–water partition coefficient (Wildman–Crippen LogP) is 2.84. The minimum Gasteiger partial charge on any atom is -0.464 e. The van der Waals surface area contributed by atoms with E-state index in [1.165, 1.54) is 12.4 Å². The number of ether oxygens (including phenoxy) is 2. The topological polar surface area (TPSA) is 137 Å². The van der Waals surface area contributed by atoms with Crippen LogP contribution in [0.15, 0.2) is 48.8 Å². The molecule has 0 spiro atoms. The van der Waals surface area contributed by atoms with Crippen LogP contribution in [-0.4, -0.2) is 59.0 Å². The Kier molecular flexibility index (Phi) is 12.6. The Morgan fingerprint density at radius 2 is 1.11 bits per heavy atom. The summed E-state index contributed by atoms with van der Waals surface area (Å²) in [4.78, 5) is 57.5. The van der Waals surface area contributed by atoms with E-state index in [4.69, 9.17) is 9.47 Å². The predicted molar refractivity (Wildman–Crippen MR) is 132 cm³/mol. The quantitative estimate of drug-likeness (QED) is 0.283. The standard InChI is InChI=1S/C26H34N4O6/c1-3-35-25(33)21(29-23(31)19-13-9-11-17-27-19)15-7-5-6-8-16-22(26(34)36-4-2)30-24(32)20-14-10-12-18-28-20/h9-14,17-18,21-22H,3-8,15-16H2,1-2H3,(H,29,31)(H,30,32)/t21-,22?/m1/s1. The number of rotatable bonds is 15. The Labute approximate surface area is 211 Å². The van der Waals surface area contributed by atoms with Crippen molar-refractivity contribution in [1.29, 1.82) is 0 Å². The van der Waals surface area contributed by atoms with Crippen molar-refractivity contribution in [2.45, 2.75) is 64.5 Å². The van der Waals surface area contributed by atoms with Crippen LogP contribution in [0.3, 0.4) is 0 Å². The van der Waals surface area contributed by atoms with E-state index in [1.807, 2.05) is 0 Å². The first-order chi connectivity index (χ1) is 17.5. The number of carbonyl (C=O) groups excluding carboxylic acids is 4. The lowest BCUT2D eigenvalue weighted by molar-refractivity contribution is -0.146. The lowest BCUT2D eigenvalue weighted by Crippen LogP contribution is -2.42. The van der Waals surface area contributed by atoms with Gasteiger partial charge < -0.3 is 20.1 Å². The van der Waals surface area contributed by atoms with Crippen molar-refractivity contribution in [3.8, 4) is 0 Å². The third kappa shape index (κ3) is 9.81. The van der Waals surface area contributed by atoms with Gasteiger partial charge in [-0.05, 0) is 51.0 Å². The highest BCUT2D eigenvalue weighted by Gasteiger charge is 2.24. The molecule has 2 amide bonds. The highest BCUT2D eigenvalue weighted by atomic mass is 16.5. The second kappa shape index (κ2) is 16.0. The van der Waals surface area contributed by atoms with Crippen LogP contribution in [0.4, 0.5) is 0 Å². The lowest BCUT2D eigenvalue weighted by Gasteiger charge is -2.18. The van der Waals surface area contributed by atoms with E-state index in [0.717, 1.165) is 12.8 Å². The SMILES string of the molecule is CCOC(=O)C(CCCCCC[C@@H](NC(=O)c1ccccn1)C(=O)OCC)NC(=O)c1ccccn1. The Balaban J connectivity index is 1.82. The summed E-state index contributed by atoms with van der Waals surface area (Å²) in [5, 5.41) is 5.41. The Morgan fingerprint density at radius 1 is 0.694 bits per heavy atom. The molecule has 1 unspecified atom stereocenters. The summed E-state index contributed by atoms with van der Waals surface area (Å²) in [6.45, 7) is 3.85. The van der Waals surface area contributed by atoms with E-state index in [9.17, 15) is 19.2 Å². The summed E-state index contributed by atoms with van der Waals surface area (Å²) < 4.78 is 10.2. The molecule has 0 radical (unpaired) electrons. The first-order valence-corrected chi connectivity index (χ1v) is 12.2. The molecule has 2 N–H and O–H groups in total. The summed E-state index contributed by atoms with van der Waals surface area (Å²) in [6.07, 6.45) is 6.70. The van der Waals surface area contributed by atoms with Gasteiger partial charge in [0.2, 0.25) is 0 Å². The van der Waals surface area contributed by atoms with Crippen LogP contribution in [0, 0.1) is 0 Å². The van der Waals surface area contributed by atoms with Gasteiger partial charge in [-0.25, -0.2) is 9.59 Å². The molecule has 0 saturated heterocycles. The van der Waals surface area contributed by atoms with Crippen LogP contribution in [0.5, 0.6) is 0 Å². The van der Waals surface area contributed by atoms with Crippen LogP contribution >= 0.6 is 0 Å². The van der Waals surface area contributed by atoms with Crippen LogP contribution in [0.2, 0.25) is 0 Å². The van der Waals surface area contributed by atoms with E-state index < -0.39 is 35.8 Å². The molecule has 2 atom stereocenters. The fourth-order valence-electron chi connectivity index (χ4n) is 3.49. The van der Waals surface area contributed by atoms with Crippen LogP contribution < -0.4 is 10.6 Å². The second-order valence-corrected chi connectivity index (χ2v) is 7.98. The molecule has 2 aromatic rings. The molecule has 0 fully saturated rings. The monoisotopic (exact) mass is 498 g/mol. The molecule has 2 heterocycles. The molecule has 2 aromatic heterocycles. The van der Waals surface area contributed by atoms with Gasteiger partial charge in [-0.2, -0.15) is 0 Å². The molecule has 194 valence electrons. The van der Waals surface area contributed by atoms with Gasteiger partial charge in [-0.3, -0.25) is 19.6 Å². The zero-order valence-electron chi connectivity index (χ0n) is 20.8. The van der Waals surface area contributed by atoms with Crippen molar-refractivity contribution in [1.82, 2.24) is 20.6 Å². The molecule has 10 nitrogen and oxygen atoms in total. The maximum atomic E-state index is 12.4. The summed E-state index contributed by atoms with van der Waals surface area (Å²) in [5.41, 5.74) is 0.453. The summed E-state index contributed by atoms with van der Waals surface area (Å²) in [7, 11) is 0. The Morgan fingerprint density at radius 3 is 1.44 bits per heavy atom. The molecule has 36 heavy (non-hydrogen) atoms. The van der Waals surface area contributed by atoms with Gasteiger partial charge in [0.25, 0.3) is 11.8 Å². The average molecular weight is 499 g/mol. The number of pyridine rings is 2. The molecule has 0 aliphatic carbocycles. The summed E-state index contributed by atoms with van der Waals surface area (Å²) in [6, 6.07) is 8.40. The minimum absolute atomic E-state index is 0.217. The van der Waals surface area contributed by atoms with Crippen molar-refractivity contribution in [3.05, 3.63) is 60.2 Å². The van der Waals surface area contributed by atoms with Gasteiger partial charge >= 0.3 is 11.9 Å². The Bertz CT molecular complexity index is 891. The van der Waals surface area contributed by atoms with E-state index in [-0.39, 0.29) is 24.6 Å². The number of aromatic nitrogens is 2. The highest BCUT2D eigenvalue weighted by molar-refractivity contribution is 5.95. The molecular weight excluding hydrogens is 464 g/mol. The van der Waals surface area contributed by atoms with Gasteiger partial charge in [0.05, 0.1) is 13.2 Å². The van der Waals surface area contributed by atoms with Gasteiger partial charge in [-0.1, -0.05) is 37.8 Å². The highest BCUT2D eigenvalue weighted by Crippen LogP contribution is 2.12. The van der Waals surface area contributed by atoms with Gasteiger partial charge in [0.1, 0.15) is 23.5 Å². The number of amides is 2. The first-order valence-electron chi connectivity index (χ1n) is 12.2. The number of hydrogen-bond acceptors (Lipinski definition) is 8. The van der Waals surface area contributed by atoms with Crippen molar-refractivity contribution in [3.63, 3.8) is 0 Å². The number of carbonyl (C=O) groups is 4. The van der Waals surface area contributed by atoms with Crippen LogP contribution in [0.25, 0.3) is 0 Å². The smallest absolute Gasteiger partial charge is 0.328 e. The lowest BCUT2D eigenvalue weighted by atomic mass is 10.0. The maximum Gasteiger partial charge on any atom is 0.328 e. The molecular formula is C26H34N4O6. The van der Waals surface area contributed by atoms with Crippen molar-refractivity contribution in [2.24, 2.45) is 0 Å². The number of nitrogens with one attached hydrogen (secondary N) is 2. The summed E-state index contributed by atoms with van der Waals surface area (Å²) >= 11 is 0. The molecule has 0 saturated carbocycles. The number of nitrogens with zero attached hydrogens (tertiary/aromatic N) is 2. The summed E-state index contributed by atoms with van der Waals surface area (Å²) in [5.74, 6) is -1.84. The zero-order chi connectivity index (χ0) is 26.2. The van der Waals surface area contributed by atoms with E-state index in [2.05, 4.69) is 20.6 Å². The van der Waals surface area contributed by atoms with E-state index in [0.29, 0.717) is 25.7 Å². The van der Waals surface area contributed by atoms with Crippen molar-refractivity contribution < 1.29 is 28.7 Å². The third-order valence-corrected chi connectivity index (χ3v) is 5.28. The largest absolute Gasteiger partial charge is 0.464 e. The third-order valence-electron chi connectivity index (χ3n) is 5.28. The molecule has 0 aliphatic heterocycles. The molecule has 0 bridgehead atoms. The van der Waals surface area contributed by atoms with Crippen molar-refractivity contribution in [2.75, 3.05) is 13.2 Å². The second-order valence-electron chi connectivity index (χ2n) is 7.98. The fourth-order valence-corrected chi connectivity index (χ4v) is 3.49. The fraction of sp³-hybridized carbons (Fsp3) is 0.462. The minimum atomic E-state index is -0.774. The van der Waals surface area contributed by atoms with Gasteiger partial charge in [0, 0.05) is 12.4 Å². The van der Waals surface area contributed by atoms with E-state index in [1.54, 1.807) is 50.2 Å². The normalized spacial score (nSPS) is 12.2. The Hall–Kier alpha value is -3.82. The molecule has 10 heteroatoms. The van der Waals surface area contributed by atoms with E-state index >= 15 is 0 Å². The number of unbranched alkanes of at least 4 members (excludes halogenated alkanes) is 3. The molecule has 0 aromatic carbocycles.